The lowest BCUT2D eigenvalue weighted by molar-refractivity contribution is -0.116. The first-order valence-electron chi connectivity index (χ1n) is 6.72. The van der Waals surface area contributed by atoms with Crippen LogP contribution in [0.5, 0.6) is 0 Å². The lowest BCUT2D eigenvalue weighted by Crippen LogP contribution is -2.20. The normalized spacial score (nSPS) is 12.1. The Kier molecular flexibility index (Phi) is 4.90. The van der Waals surface area contributed by atoms with E-state index in [9.17, 15) is 4.79 Å². The van der Waals surface area contributed by atoms with Crippen LogP contribution in [0, 0.1) is 5.92 Å². The van der Waals surface area contributed by atoms with Gasteiger partial charge in [0, 0.05) is 31.0 Å². The first kappa shape index (κ1) is 14.3. The minimum Gasteiger partial charge on any atom is -0.333 e. The summed E-state index contributed by atoms with van der Waals surface area (Å²) in [5.74, 6) is 0.201. The van der Waals surface area contributed by atoms with Crippen molar-refractivity contribution in [3.05, 3.63) is 48.5 Å². The highest BCUT2D eigenvalue weighted by molar-refractivity contribution is 5.90. The zero-order valence-electron chi connectivity index (χ0n) is 11.6. The Morgan fingerprint density at radius 1 is 1.50 bits per heavy atom. The molecule has 2 aromatic rings. The van der Waals surface area contributed by atoms with E-state index in [2.05, 4.69) is 10.3 Å². The highest BCUT2D eigenvalue weighted by Crippen LogP contribution is 2.13. The highest BCUT2D eigenvalue weighted by Gasteiger charge is 2.08. The monoisotopic (exact) mass is 272 g/mol. The fourth-order valence-corrected chi connectivity index (χ4v) is 1.95. The third-order valence-electron chi connectivity index (χ3n) is 3.07. The van der Waals surface area contributed by atoms with E-state index in [0.29, 0.717) is 13.0 Å². The van der Waals surface area contributed by atoms with Crippen LogP contribution in [0.2, 0.25) is 0 Å². The lowest BCUT2D eigenvalue weighted by Gasteiger charge is -2.10. The van der Waals surface area contributed by atoms with Crippen molar-refractivity contribution in [2.45, 2.75) is 19.9 Å². The van der Waals surface area contributed by atoms with Gasteiger partial charge in [0.25, 0.3) is 0 Å². The summed E-state index contributed by atoms with van der Waals surface area (Å²) in [4.78, 5) is 15.8. The van der Waals surface area contributed by atoms with E-state index < -0.39 is 0 Å². The first-order chi connectivity index (χ1) is 9.67. The average molecular weight is 272 g/mol. The molecular weight excluding hydrogens is 252 g/mol. The van der Waals surface area contributed by atoms with Gasteiger partial charge in [-0.1, -0.05) is 19.1 Å². The molecule has 1 amide bonds. The van der Waals surface area contributed by atoms with E-state index >= 15 is 0 Å². The van der Waals surface area contributed by atoms with Crippen molar-refractivity contribution in [3.63, 3.8) is 0 Å². The van der Waals surface area contributed by atoms with Gasteiger partial charge in [0.15, 0.2) is 0 Å². The number of hydrogen-bond acceptors (Lipinski definition) is 3. The molecule has 5 nitrogen and oxygen atoms in total. The smallest absolute Gasteiger partial charge is 0.224 e. The first-order valence-corrected chi connectivity index (χ1v) is 6.72. The van der Waals surface area contributed by atoms with Crippen molar-refractivity contribution in [1.29, 1.82) is 0 Å². The summed E-state index contributed by atoms with van der Waals surface area (Å²) in [5, 5.41) is 2.91. The Labute approximate surface area is 118 Å². The molecule has 1 unspecified atom stereocenters. The van der Waals surface area contributed by atoms with Gasteiger partial charge in [-0.05, 0) is 30.2 Å². The van der Waals surface area contributed by atoms with Crippen LogP contribution in [-0.2, 0) is 11.3 Å². The van der Waals surface area contributed by atoms with Crippen LogP contribution >= 0.6 is 0 Å². The van der Waals surface area contributed by atoms with Gasteiger partial charge in [-0.25, -0.2) is 4.98 Å². The lowest BCUT2D eigenvalue weighted by atomic mass is 10.1. The molecule has 0 spiro atoms. The molecule has 0 aliphatic heterocycles. The van der Waals surface area contributed by atoms with Crippen LogP contribution in [0.1, 0.15) is 18.9 Å². The Morgan fingerprint density at radius 2 is 2.35 bits per heavy atom. The van der Waals surface area contributed by atoms with Gasteiger partial charge in [0.1, 0.15) is 0 Å². The number of carbonyl (C=O) groups is 1. The second-order valence-corrected chi connectivity index (χ2v) is 5.03. The fourth-order valence-electron chi connectivity index (χ4n) is 1.95. The number of nitrogens with zero attached hydrogens (tertiary/aromatic N) is 2. The molecule has 1 aromatic heterocycles. The molecule has 0 saturated carbocycles. The van der Waals surface area contributed by atoms with E-state index in [0.717, 1.165) is 17.8 Å². The second-order valence-electron chi connectivity index (χ2n) is 5.03. The molecule has 3 N–H and O–H groups in total. The summed E-state index contributed by atoms with van der Waals surface area (Å²) < 4.78 is 1.98. The standard InChI is InChI=1S/C15H20N4O/c1-12(9-16)7-15(20)18-14-4-2-3-13(8-14)10-19-6-5-17-11-19/h2-6,8,11-12H,7,9-10,16H2,1H3,(H,18,20). The quantitative estimate of drug-likeness (QED) is 0.843. The van der Waals surface area contributed by atoms with E-state index in [1.54, 1.807) is 12.5 Å². The molecule has 1 aromatic carbocycles. The summed E-state index contributed by atoms with van der Waals surface area (Å²) in [6.45, 7) is 3.23. The SMILES string of the molecule is CC(CN)CC(=O)Nc1cccc(Cn2ccnc2)c1. The van der Waals surface area contributed by atoms with E-state index in [1.165, 1.54) is 0 Å². The molecule has 1 heterocycles. The van der Waals surface area contributed by atoms with Crippen molar-refractivity contribution in [2.24, 2.45) is 11.7 Å². The number of hydrogen-bond donors (Lipinski definition) is 2. The largest absolute Gasteiger partial charge is 0.333 e. The minimum absolute atomic E-state index is 0.00253. The van der Waals surface area contributed by atoms with Crippen molar-refractivity contribution in [1.82, 2.24) is 9.55 Å². The summed E-state index contributed by atoms with van der Waals surface area (Å²) in [6, 6.07) is 7.83. The molecule has 5 heteroatoms. The molecule has 2 rings (SSSR count). The van der Waals surface area contributed by atoms with E-state index in [1.807, 2.05) is 42.0 Å². The maximum absolute atomic E-state index is 11.8. The van der Waals surface area contributed by atoms with E-state index in [4.69, 9.17) is 5.73 Å². The Bertz CT molecular complexity index is 551. The number of imidazole rings is 1. The van der Waals surface area contributed by atoms with Gasteiger partial charge in [0.2, 0.25) is 5.91 Å². The van der Waals surface area contributed by atoms with Gasteiger partial charge >= 0.3 is 0 Å². The van der Waals surface area contributed by atoms with E-state index in [-0.39, 0.29) is 11.8 Å². The highest BCUT2D eigenvalue weighted by atomic mass is 16.1. The summed E-state index contributed by atoms with van der Waals surface area (Å²) in [6.07, 6.45) is 5.88. The molecule has 0 bridgehead atoms. The fraction of sp³-hybridized carbons (Fsp3) is 0.333. The number of anilines is 1. The summed E-state index contributed by atoms with van der Waals surface area (Å²) >= 11 is 0. The van der Waals surface area contributed by atoms with Crippen LogP contribution in [0.15, 0.2) is 43.0 Å². The Balaban J connectivity index is 1.97. The van der Waals surface area contributed by atoms with Gasteiger partial charge in [0.05, 0.1) is 6.33 Å². The van der Waals surface area contributed by atoms with Gasteiger partial charge in [-0.15, -0.1) is 0 Å². The van der Waals surface area contributed by atoms with Crippen LogP contribution in [0.3, 0.4) is 0 Å². The third-order valence-corrected chi connectivity index (χ3v) is 3.07. The van der Waals surface area contributed by atoms with Crippen LogP contribution in [0.25, 0.3) is 0 Å². The number of aromatic nitrogens is 2. The number of benzene rings is 1. The Morgan fingerprint density at radius 3 is 3.05 bits per heavy atom. The molecule has 0 saturated heterocycles. The van der Waals surface area contributed by atoms with Crippen molar-refractivity contribution < 1.29 is 4.79 Å². The zero-order chi connectivity index (χ0) is 14.4. The molecule has 0 radical (unpaired) electrons. The maximum Gasteiger partial charge on any atom is 0.224 e. The number of nitrogens with two attached hydrogens (primary N) is 1. The van der Waals surface area contributed by atoms with Crippen LogP contribution < -0.4 is 11.1 Å². The van der Waals surface area contributed by atoms with Crippen LogP contribution in [0.4, 0.5) is 5.69 Å². The summed E-state index contributed by atoms with van der Waals surface area (Å²) in [7, 11) is 0. The number of nitrogens with one attached hydrogen (secondary N) is 1. The molecule has 20 heavy (non-hydrogen) atoms. The van der Waals surface area contributed by atoms with Crippen LogP contribution in [-0.4, -0.2) is 22.0 Å². The maximum atomic E-state index is 11.8. The predicted octanol–water partition coefficient (Wildman–Crippen LogP) is 1.85. The molecule has 106 valence electrons. The minimum atomic E-state index is 0.00253. The topological polar surface area (TPSA) is 72.9 Å². The molecule has 0 fully saturated rings. The number of carbonyl (C=O) groups excluding carboxylic acids is 1. The average Bonchev–Trinajstić information content (AvgIpc) is 2.91. The second kappa shape index (κ2) is 6.86. The van der Waals surface area contributed by atoms with Gasteiger partial charge in [-0.2, -0.15) is 0 Å². The van der Waals surface area contributed by atoms with Crippen molar-refractivity contribution in [2.75, 3.05) is 11.9 Å². The summed E-state index contributed by atoms with van der Waals surface area (Å²) in [5.41, 5.74) is 7.46. The number of amides is 1. The molecule has 0 aliphatic rings. The molecule has 1 atom stereocenters. The zero-order valence-corrected chi connectivity index (χ0v) is 11.6. The molecule has 0 aliphatic carbocycles. The van der Waals surface area contributed by atoms with Crippen molar-refractivity contribution >= 4 is 11.6 Å². The van der Waals surface area contributed by atoms with Gasteiger partial charge < -0.3 is 15.6 Å². The molecular formula is C15H20N4O. The number of rotatable bonds is 6. The Hall–Kier alpha value is -2.14. The predicted molar refractivity (Wildman–Crippen MR) is 79.2 cm³/mol. The third kappa shape index (κ3) is 4.20. The van der Waals surface area contributed by atoms with Gasteiger partial charge in [-0.3, -0.25) is 4.79 Å². The van der Waals surface area contributed by atoms with Crippen molar-refractivity contribution in [3.8, 4) is 0 Å².